The van der Waals surface area contributed by atoms with E-state index in [1.165, 1.54) is 11.1 Å². The van der Waals surface area contributed by atoms with Gasteiger partial charge in [-0.3, -0.25) is 9.69 Å². The molecular weight excluding hydrogens is 482 g/mol. The molecule has 6 rings (SSSR count). The van der Waals surface area contributed by atoms with E-state index in [0.29, 0.717) is 10.9 Å². The highest BCUT2D eigenvalue weighted by Gasteiger charge is 2.14. The fraction of sp³-hybridized carbons (Fsp3) is 0.121. The summed E-state index contributed by atoms with van der Waals surface area (Å²) >= 11 is 0. The molecule has 0 fully saturated rings. The fourth-order valence-corrected chi connectivity index (χ4v) is 4.95. The van der Waals surface area contributed by atoms with E-state index in [-0.39, 0.29) is 5.56 Å². The van der Waals surface area contributed by atoms with E-state index >= 15 is 0 Å². The molecule has 192 valence electrons. The lowest BCUT2D eigenvalue weighted by atomic mass is 9.97. The third kappa shape index (κ3) is 5.15. The molecule has 39 heavy (non-hydrogen) atoms. The smallest absolute Gasteiger partial charge is 0.259 e. The van der Waals surface area contributed by atoms with Gasteiger partial charge in [-0.15, -0.1) is 0 Å². The molecule has 0 spiro atoms. The molecule has 0 radical (unpaired) electrons. The van der Waals surface area contributed by atoms with Crippen molar-refractivity contribution < 1.29 is 0 Å². The van der Waals surface area contributed by atoms with Gasteiger partial charge in [-0.05, 0) is 54.1 Å². The number of pyridine rings is 2. The molecule has 3 heterocycles. The van der Waals surface area contributed by atoms with Crippen LogP contribution in [0.3, 0.4) is 0 Å². The fourth-order valence-electron chi connectivity index (χ4n) is 4.95. The minimum Gasteiger partial charge on any atom is -0.318 e. The van der Waals surface area contributed by atoms with Crippen LogP contribution >= 0.6 is 0 Å². The van der Waals surface area contributed by atoms with Crippen LogP contribution in [0.2, 0.25) is 0 Å². The van der Waals surface area contributed by atoms with Crippen LogP contribution in [0.5, 0.6) is 0 Å². The molecule has 0 saturated carbocycles. The Kier molecular flexibility index (Phi) is 6.61. The molecule has 0 aliphatic rings. The molecule has 6 aromatic rings. The molecule has 6 heteroatoms. The first kappa shape index (κ1) is 24.5. The maximum atomic E-state index is 12.8. The summed E-state index contributed by atoms with van der Waals surface area (Å²) in [6.45, 7) is 1.68. The van der Waals surface area contributed by atoms with Crippen LogP contribution in [0.4, 0.5) is 0 Å². The third-order valence-corrected chi connectivity index (χ3v) is 6.98. The van der Waals surface area contributed by atoms with Crippen LogP contribution in [0, 0.1) is 0 Å². The van der Waals surface area contributed by atoms with Crippen molar-refractivity contribution in [2.45, 2.75) is 13.1 Å². The highest BCUT2D eigenvalue weighted by molar-refractivity contribution is 5.91. The number of aromatic nitrogens is 4. The first-order valence-electron chi connectivity index (χ1n) is 13.0. The lowest BCUT2D eigenvalue weighted by Crippen LogP contribution is -2.17. The van der Waals surface area contributed by atoms with Crippen LogP contribution < -0.4 is 5.56 Å². The third-order valence-electron chi connectivity index (χ3n) is 6.98. The Morgan fingerprint density at radius 2 is 1.46 bits per heavy atom. The lowest BCUT2D eigenvalue weighted by Gasteiger charge is -2.18. The molecule has 0 bridgehead atoms. The van der Waals surface area contributed by atoms with Crippen molar-refractivity contribution in [2.24, 2.45) is 7.05 Å². The standard InChI is InChI=1S/C33H29N5O/c1-36(23-25-11-15-28(16-12-25)38-19-6-18-34-38)22-24-9-13-27(14-10-24)32-29(26-7-4-3-5-8-26)21-30-31(35-32)17-20-37(2)33(30)39/h3-21H,22-23H2,1-2H3. The van der Waals surface area contributed by atoms with E-state index in [9.17, 15) is 4.79 Å². The van der Waals surface area contributed by atoms with Gasteiger partial charge in [0.2, 0.25) is 0 Å². The van der Waals surface area contributed by atoms with Gasteiger partial charge in [-0.1, -0.05) is 66.7 Å². The summed E-state index contributed by atoms with van der Waals surface area (Å²) in [5.41, 5.74) is 8.09. The van der Waals surface area contributed by atoms with Crippen LogP contribution in [-0.2, 0) is 20.1 Å². The van der Waals surface area contributed by atoms with Crippen molar-refractivity contribution in [2.75, 3.05) is 7.05 Å². The number of fused-ring (bicyclic) bond motifs is 1. The molecule has 3 aromatic carbocycles. The zero-order valence-electron chi connectivity index (χ0n) is 22.0. The van der Waals surface area contributed by atoms with Gasteiger partial charge in [-0.25, -0.2) is 9.67 Å². The molecule has 0 amide bonds. The minimum atomic E-state index is -0.0434. The van der Waals surface area contributed by atoms with E-state index in [1.54, 1.807) is 24.0 Å². The monoisotopic (exact) mass is 511 g/mol. The first-order chi connectivity index (χ1) is 19.0. The predicted molar refractivity (Wildman–Crippen MR) is 157 cm³/mol. The van der Waals surface area contributed by atoms with Crippen molar-refractivity contribution in [3.05, 3.63) is 137 Å². The Labute approximate surface area is 227 Å². The molecule has 0 unspecified atom stereocenters. The molecule has 6 nitrogen and oxygen atoms in total. The zero-order chi connectivity index (χ0) is 26.8. The summed E-state index contributed by atoms with van der Waals surface area (Å²) in [5.74, 6) is 0. The summed E-state index contributed by atoms with van der Waals surface area (Å²) in [6, 6.07) is 33.0. The Balaban J connectivity index is 1.24. The summed E-state index contributed by atoms with van der Waals surface area (Å²) in [6.07, 6.45) is 5.50. The Bertz CT molecular complexity index is 1770. The van der Waals surface area contributed by atoms with Crippen LogP contribution in [0.15, 0.2) is 120 Å². The van der Waals surface area contributed by atoms with Gasteiger partial charge >= 0.3 is 0 Å². The topological polar surface area (TPSA) is 56.0 Å². The maximum absolute atomic E-state index is 12.8. The summed E-state index contributed by atoms with van der Waals surface area (Å²) in [5, 5.41) is 4.92. The largest absolute Gasteiger partial charge is 0.318 e. The molecule has 0 N–H and O–H groups in total. The lowest BCUT2D eigenvalue weighted by molar-refractivity contribution is 0.319. The SMILES string of the molecule is CN(Cc1ccc(-c2nc3ccn(C)c(=O)c3cc2-c2ccccc2)cc1)Cc1ccc(-n2cccn2)cc1. The van der Waals surface area contributed by atoms with Gasteiger partial charge in [0, 0.05) is 49.9 Å². The van der Waals surface area contributed by atoms with Crippen molar-refractivity contribution in [3.8, 4) is 28.1 Å². The second kappa shape index (κ2) is 10.5. The highest BCUT2D eigenvalue weighted by atomic mass is 16.1. The van der Waals surface area contributed by atoms with Crippen molar-refractivity contribution >= 4 is 10.9 Å². The second-order valence-corrected chi connectivity index (χ2v) is 9.90. The van der Waals surface area contributed by atoms with E-state index in [1.807, 2.05) is 47.3 Å². The number of hydrogen-bond donors (Lipinski definition) is 0. The predicted octanol–water partition coefficient (Wildman–Crippen LogP) is 6.09. The van der Waals surface area contributed by atoms with Crippen molar-refractivity contribution in [1.29, 1.82) is 0 Å². The van der Waals surface area contributed by atoms with Crippen molar-refractivity contribution in [1.82, 2.24) is 24.2 Å². The summed E-state index contributed by atoms with van der Waals surface area (Å²) in [4.78, 5) is 20.1. The van der Waals surface area contributed by atoms with Crippen LogP contribution in [0.25, 0.3) is 39.0 Å². The second-order valence-electron chi connectivity index (χ2n) is 9.90. The van der Waals surface area contributed by atoms with Gasteiger partial charge in [0.05, 0.1) is 22.3 Å². The Morgan fingerprint density at radius 1 is 0.769 bits per heavy atom. The highest BCUT2D eigenvalue weighted by Crippen LogP contribution is 2.33. The van der Waals surface area contributed by atoms with Gasteiger partial charge in [0.25, 0.3) is 5.56 Å². The Morgan fingerprint density at radius 3 is 2.13 bits per heavy atom. The number of aryl methyl sites for hydroxylation is 1. The van der Waals surface area contributed by atoms with E-state index < -0.39 is 0 Å². The van der Waals surface area contributed by atoms with Crippen molar-refractivity contribution in [3.63, 3.8) is 0 Å². The molecule has 3 aromatic heterocycles. The van der Waals surface area contributed by atoms with Crippen LogP contribution in [0.1, 0.15) is 11.1 Å². The maximum Gasteiger partial charge on any atom is 0.259 e. The number of benzene rings is 3. The molecule has 0 saturated heterocycles. The molecule has 0 aliphatic carbocycles. The van der Waals surface area contributed by atoms with E-state index in [0.717, 1.165) is 41.2 Å². The average Bonchev–Trinajstić information content (AvgIpc) is 3.51. The van der Waals surface area contributed by atoms with Gasteiger partial charge in [0.1, 0.15) is 0 Å². The van der Waals surface area contributed by atoms with E-state index in [4.69, 9.17) is 4.98 Å². The summed E-state index contributed by atoms with van der Waals surface area (Å²) in [7, 11) is 3.90. The summed E-state index contributed by atoms with van der Waals surface area (Å²) < 4.78 is 3.46. The molecule has 0 atom stereocenters. The normalized spacial score (nSPS) is 11.4. The Hall–Kier alpha value is -4.81. The van der Waals surface area contributed by atoms with Gasteiger partial charge in [-0.2, -0.15) is 5.10 Å². The average molecular weight is 512 g/mol. The number of hydrogen-bond acceptors (Lipinski definition) is 4. The quantitative estimate of drug-likeness (QED) is 0.260. The molecule has 0 aliphatic heterocycles. The number of rotatable bonds is 7. The minimum absolute atomic E-state index is 0.0434. The molecular formula is C33H29N5O. The number of nitrogens with zero attached hydrogens (tertiary/aromatic N) is 5. The van der Waals surface area contributed by atoms with E-state index in [2.05, 4.69) is 77.7 Å². The zero-order valence-corrected chi connectivity index (χ0v) is 22.0. The first-order valence-corrected chi connectivity index (χ1v) is 13.0. The van der Waals surface area contributed by atoms with Gasteiger partial charge < -0.3 is 4.57 Å². The van der Waals surface area contributed by atoms with Crippen LogP contribution in [-0.4, -0.2) is 31.3 Å². The van der Waals surface area contributed by atoms with Gasteiger partial charge in [0.15, 0.2) is 0 Å².